The summed E-state index contributed by atoms with van der Waals surface area (Å²) >= 11 is 0. The maximum atomic E-state index is 13.0. The summed E-state index contributed by atoms with van der Waals surface area (Å²) in [6.07, 6.45) is 0. The molecule has 0 saturated heterocycles. The molecule has 12 heavy (non-hydrogen) atoms. The van der Waals surface area contributed by atoms with Gasteiger partial charge in [0, 0.05) is 5.56 Å². The molecule has 0 fully saturated rings. The molecule has 1 unspecified atom stereocenters. The second-order valence-electron chi connectivity index (χ2n) is 2.98. The third-order valence-corrected chi connectivity index (χ3v) is 3.51. The summed E-state index contributed by atoms with van der Waals surface area (Å²) in [5.41, 5.74) is 1.20. The molecule has 2 nitrogen and oxygen atoms in total. The number of benzene rings is 1. The fourth-order valence-corrected chi connectivity index (χ4v) is 3.10. The van der Waals surface area contributed by atoms with Gasteiger partial charge < -0.3 is 0 Å². The Morgan fingerprint density at radius 1 is 1.42 bits per heavy atom. The molecular weight excluding hydrogens is 177 g/mol. The molecule has 2 rings (SSSR count). The Bertz CT molecular complexity index is 425. The Labute approximate surface area is 70.4 Å². The lowest BCUT2D eigenvalue weighted by molar-refractivity contribution is 0.615. The molecule has 1 atom stereocenters. The molecule has 1 aliphatic heterocycles. The van der Waals surface area contributed by atoms with E-state index in [9.17, 15) is 8.60 Å². The smallest absolute Gasteiger partial charge is 0.127 e. The van der Waals surface area contributed by atoms with Crippen molar-refractivity contribution in [3.8, 4) is 0 Å². The lowest BCUT2D eigenvalue weighted by Gasteiger charge is -1.95. The van der Waals surface area contributed by atoms with E-state index in [1.807, 2.05) is 0 Å². The van der Waals surface area contributed by atoms with Gasteiger partial charge >= 0.3 is 0 Å². The predicted molar refractivity (Wildman–Crippen MR) is 44.7 cm³/mol. The van der Waals surface area contributed by atoms with Crippen molar-refractivity contribution >= 4 is 9.73 Å². The Balaban J connectivity index is 2.63. The van der Waals surface area contributed by atoms with Crippen molar-refractivity contribution < 1.29 is 8.60 Å². The molecule has 0 amide bonds. The lowest BCUT2D eigenvalue weighted by atomic mass is 10.1. The van der Waals surface area contributed by atoms with E-state index >= 15 is 0 Å². The molecule has 4 heteroatoms. The van der Waals surface area contributed by atoms with Gasteiger partial charge in [0.15, 0.2) is 0 Å². The zero-order chi connectivity index (χ0) is 8.77. The van der Waals surface area contributed by atoms with Crippen LogP contribution in [0.5, 0.6) is 0 Å². The van der Waals surface area contributed by atoms with Crippen LogP contribution in [0.15, 0.2) is 18.2 Å². The first-order valence-corrected chi connectivity index (χ1v) is 5.48. The largest absolute Gasteiger partial charge is 0.252 e. The summed E-state index contributed by atoms with van der Waals surface area (Å²) in [6.45, 7) is 0. The number of hydrogen-bond acceptors (Lipinski definition) is 2. The predicted octanol–water partition coefficient (Wildman–Crippen LogP) is 1.89. The van der Waals surface area contributed by atoms with Crippen LogP contribution in [-0.2, 0) is 21.2 Å². The minimum absolute atomic E-state index is 0.0784. The van der Waals surface area contributed by atoms with E-state index in [0.29, 0.717) is 5.56 Å². The second-order valence-corrected chi connectivity index (χ2v) is 5.18. The van der Waals surface area contributed by atoms with Crippen LogP contribution < -0.4 is 0 Å². The van der Waals surface area contributed by atoms with E-state index in [1.165, 1.54) is 6.07 Å². The van der Waals surface area contributed by atoms with Crippen LogP contribution in [0.4, 0.5) is 4.39 Å². The number of rotatable bonds is 0. The van der Waals surface area contributed by atoms with Crippen molar-refractivity contribution in [1.29, 1.82) is 4.78 Å². The number of hydrogen-bond donors (Lipinski definition) is 1. The first-order valence-electron chi connectivity index (χ1n) is 3.59. The molecule has 1 N–H and O–H groups in total. The van der Waals surface area contributed by atoms with Gasteiger partial charge in [0.1, 0.15) is 5.82 Å². The highest BCUT2D eigenvalue weighted by molar-refractivity contribution is 7.91. The quantitative estimate of drug-likeness (QED) is 0.658. The van der Waals surface area contributed by atoms with Crippen LogP contribution in [0.1, 0.15) is 11.1 Å². The maximum Gasteiger partial charge on any atom is 0.127 e. The van der Waals surface area contributed by atoms with Gasteiger partial charge in [-0.25, -0.2) is 8.60 Å². The molecule has 0 spiro atoms. The molecule has 1 aromatic carbocycles. The van der Waals surface area contributed by atoms with Crippen molar-refractivity contribution in [3.05, 3.63) is 35.1 Å². The van der Waals surface area contributed by atoms with Gasteiger partial charge in [0.2, 0.25) is 0 Å². The summed E-state index contributed by atoms with van der Waals surface area (Å²) in [6, 6.07) is 4.67. The van der Waals surface area contributed by atoms with Crippen molar-refractivity contribution in [1.82, 2.24) is 0 Å². The van der Waals surface area contributed by atoms with Crippen LogP contribution in [0.25, 0.3) is 0 Å². The molecule has 1 aromatic rings. The molecule has 0 radical (unpaired) electrons. The van der Waals surface area contributed by atoms with Gasteiger partial charge in [0.05, 0.1) is 21.2 Å². The third-order valence-electron chi connectivity index (χ3n) is 1.98. The van der Waals surface area contributed by atoms with Crippen LogP contribution in [0.2, 0.25) is 0 Å². The topological polar surface area (TPSA) is 40.9 Å². The molecule has 64 valence electrons. The standard InChI is InChI=1S/C8H8FNOS/c9-8-3-1-2-6-4-12(10,11)5-7(6)8/h1-3,10H,4-5H2. The highest BCUT2D eigenvalue weighted by atomic mass is 32.2. The van der Waals surface area contributed by atoms with Crippen molar-refractivity contribution in [2.45, 2.75) is 11.5 Å². The zero-order valence-electron chi connectivity index (χ0n) is 6.34. The van der Waals surface area contributed by atoms with Gasteiger partial charge in [-0.05, 0) is 11.6 Å². The van der Waals surface area contributed by atoms with Gasteiger partial charge in [0.25, 0.3) is 0 Å². The second kappa shape index (κ2) is 2.29. The molecule has 0 saturated carbocycles. The summed E-state index contributed by atoms with van der Waals surface area (Å²) in [5, 5.41) is 0. The van der Waals surface area contributed by atoms with Crippen molar-refractivity contribution in [3.63, 3.8) is 0 Å². The fraction of sp³-hybridized carbons (Fsp3) is 0.250. The highest BCUT2D eigenvalue weighted by Gasteiger charge is 2.23. The average Bonchev–Trinajstić information content (AvgIpc) is 2.25. The van der Waals surface area contributed by atoms with Crippen molar-refractivity contribution in [2.24, 2.45) is 0 Å². The fourth-order valence-electron chi connectivity index (χ4n) is 1.44. The molecule has 0 bridgehead atoms. The van der Waals surface area contributed by atoms with Crippen molar-refractivity contribution in [2.75, 3.05) is 0 Å². The van der Waals surface area contributed by atoms with Gasteiger partial charge in [-0.15, -0.1) is 0 Å². The normalized spacial score (nSPS) is 27.1. The zero-order valence-corrected chi connectivity index (χ0v) is 7.16. The Morgan fingerprint density at radius 2 is 2.17 bits per heavy atom. The van der Waals surface area contributed by atoms with Gasteiger partial charge in [-0.1, -0.05) is 12.1 Å². The van der Waals surface area contributed by atoms with Crippen LogP contribution >= 0.6 is 0 Å². The van der Waals surface area contributed by atoms with Gasteiger partial charge in [-0.2, -0.15) is 0 Å². The van der Waals surface area contributed by atoms with E-state index in [0.717, 1.165) is 5.56 Å². The third kappa shape index (κ3) is 1.12. The Hall–Kier alpha value is -0.900. The number of fused-ring (bicyclic) bond motifs is 1. The van der Waals surface area contributed by atoms with E-state index in [1.54, 1.807) is 12.1 Å². The number of halogens is 1. The molecule has 1 heterocycles. The van der Waals surface area contributed by atoms with Crippen LogP contribution in [0, 0.1) is 10.6 Å². The maximum absolute atomic E-state index is 13.0. The minimum atomic E-state index is -2.57. The summed E-state index contributed by atoms with van der Waals surface area (Å²) in [7, 11) is -2.57. The van der Waals surface area contributed by atoms with Crippen LogP contribution in [-0.4, -0.2) is 4.21 Å². The van der Waals surface area contributed by atoms with E-state index in [-0.39, 0.29) is 17.3 Å². The SMILES string of the molecule is N=S1(=O)Cc2cccc(F)c2C1. The average molecular weight is 185 g/mol. The molecule has 0 aromatic heterocycles. The lowest BCUT2D eigenvalue weighted by Crippen LogP contribution is -1.93. The van der Waals surface area contributed by atoms with Crippen LogP contribution in [0.3, 0.4) is 0 Å². The summed E-state index contributed by atoms with van der Waals surface area (Å²) in [5.74, 6) is -0.0419. The first kappa shape index (κ1) is 7.73. The highest BCUT2D eigenvalue weighted by Crippen LogP contribution is 2.27. The Kier molecular flexibility index (Phi) is 1.48. The minimum Gasteiger partial charge on any atom is -0.252 e. The monoisotopic (exact) mass is 185 g/mol. The number of nitrogens with one attached hydrogen (secondary N) is 1. The van der Waals surface area contributed by atoms with E-state index in [2.05, 4.69) is 0 Å². The van der Waals surface area contributed by atoms with E-state index in [4.69, 9.17) is 4.78 Å². The Morgan fingerprint density at radius 3 is 2.83 bits per heavy atom. The first-order chi connectivity index (χ1) is 5.58. The molecule has 0 aliphatic carbocycles. The summed E-state index contributed by atoms with van der Waals surface area (Å²) < 4.78 is 31.7. The van der Waals surface area contributed by atoms with E-state index < -0.39 is 9.73 Å². The molecule has 1 aliphatic rings. The van der Waals surface area contributed by atoms with Gasteiger partial charge in [-0.3, -0.25) is 4.78 Å². The molecular formula is C8H8FNOS. The summed E-state index contributed by atoms with van der Waals surface area (Å²) in [4.78, 5) is 0.